The van der Waals surface area contributed by atoms with Crippen LogP contribution in [0, 0.1) is 6.92 Å². The minimum absolute atomic E-state index is 0.0299. The van der Waals surface area contributed by atoms with E-state index >= 15 is 0 Å². The van der Waals surface area contributed by atoms with Crippen molar-refractivity contribution < 1.29 is 8.42 Å². The van der Waals surface area contributed by atoms with Crippen molar-refractivity contribution in [3.63, 3.8) is 0 Å². The normalized spacial score (nSPS) is 13.1. The first-order valence-corrected chi connectivity index (χ1v) is 9.59. The molecule has 0 radical (unpaired) electrons. The van der Waals surface area contributed by atoms with E-state index in [0.717, 1.165) is 15.6 Å². The second kappa shape index (κ2) is 6.21. The first-order valence-electron chi connectivity index (χ1n) is 7.06. The molecule has 0 aliphatic carbocycles. The lowest BCUT2D eigenvalue weighted by atomic mass is 10.3. The van der Waals surface area contributed by atoms with Gasteiger partial charge in [0.2, 0.25) is 0 Å². The zero-order chi connectivity index (χ0) is 16.4. The Kier molecular flexibility index (Phi) is 4.27. The van der Waals surface area contributed by atoms with Crippen molar-refractivity contribution in [3.8, 4) is 5.69 Å². The van der Waals surface area contributed by atoms with Crippen LogP contribution in [-0.2, 0) is 15.6 Å². The molecule has 0 bridgehead atoms. The summed E-state index contributed by atoms with van der Waals surface area (Å²) in [6, 6.07) is 9.47. The molecule has 0 unspecified atom stereocenters. The molecule has 0 spiro atoms. The molecule has 120 valence electrons. The Bertz CT molecular complexity index is 900. The number of rotatable bonds is 5. The molecule has 1 aromatic carbocycles. The van der Waals surface area contributed by atoms with Crippen LogP contribution in [-0.4, -0.2) is 28.4 Å². The summed E-state index contributed by atoms with van der Waals surface area (Å²) in [5, 5.41) is 8.19. The average molecular weight is 348 g/mol. The summed E-state index contributed by atoms with van der Waals surface area (Å²) in [5.41, 5.74) is 1.28. The molecule has 2 heterocycles. The number of thiazole rings is 1. The van der Waals surface area contributed by atoms with Crippen LogP contribution in [0.15, 0.2) is 42.7 Å². The first-order chi connectivity index (χ1) is 11.0. The van der Waals surface area contributed by atoms with Crippen LogP contribution >= 0.6 is 11.3 Å². The maximum Gasteiger partial charge on any atom is 0.163 e. The van der Waals surface area contributed by atoms with Crippen molar-refractivity contribution in [1.82, 2.24) is 20.0 Å². The summed E-state index contributed by atoms with van der Waals surface area (Å²) in [6.45, 7) is 3.50. The van der Waals surface area contributed by atoms with E-state index in [1.54, 1.807) is 24.0 Å². The van der Waals surface area contributed by atoms with Crippen LogP contribution in [0.4, 0.5) is 0 Å². The standard InChI is InChI=1S/C15H16N4O2S2/c1-11(23(20,21)10-14-8-16-12(2)22-14)15-9-19(18-17-15)13-6-4-3-5-7-13/h3-9,11H,10H2,1-2H3/t11-/m0/s1. The molecule has 6 nitrogen and oxygen atoms in total. The fourth-order valence-corrected chi connectivity index (χ4v) is 4.67. The summed E-state index contributed by atoms with van der Waals surface area (Å²) >= 11 is 1.40. The van der Waals surface area contributed by atoms with Gasteiger partial charge in [0.15, 0.2) is 9.84 Å². The van der Waals surface area contributed by atoms with E-state index < -0.39 is 15.1 Å². The van der Waals surface area contributed by atoms with Gasteiger partial charge in [-0.15, -0.1) is 16.4 Å². The van der Waals surface area contributed by atoms with Crippen LogP contribution in [0.2, 0.25) is 0 Å². The molecule has 0 saturated heterocycles. The van der Waals surface area contributed by atoms with Crippen molar-refractivity contribution in [2.75, 3.05) is 0 Å². The lowest BCUT2D eigenvalue weighted by molar-refractivity contribution is 0.584. The number of para-hydroxylation sites is 1. The lowest BCUT2D eigenvalue weighted by Crippen LogP contribution is -2.12. The number of benzene rings is 1. The molecule has 0 saturated carbocycles. The fraction of sp³-hybridized carbons (Fsp3) is 0.267. The highest BCUT2D eigenvalue weighted by molar-refractivity contribution is 7.91. The summed E-state index contributed by atoms with van der Waals surface area (Å²) in [4.78, 5) is 4.84. The molecular formula is C15H16N4O2S2. The van der Waals surface area contributed by atoms with Crippen LogP contribution < -0.4 is 0 Å². The Morgan fingerprint density at radius 2 is 2.00 bits per heavy atom. The number of aryl methyl sites for hydroxylation is 1. The van der Waals surface area contributed by atoms with Gasteiger partial charge in [0, 0.05) is 11.1 Å². The molecule has 0 N–H and O–H groups in total. The molecular weight excluding hydrogens is 332 g/mol. The summed E-state index contributed by atoms with van der Waals surface area (Å²) < 4.78 is 26.7. The summed E-state index contributed by atoms with van der Waals surface area (Å²) in [7, 11) is -3.37. The second-order valence-electron chi connectivity index (χ2n) is 5.22. The van der Waals surface area contributed by atoms with Gasteiger partial charge in [-0.25, -0.2) is 18.1 Å². The van der Waals surface area contributed by atoms with Crippen LogP contribution in [0.5, 0.6) is 0 Å². The first kappa shape index (κ1) is 15.8. The van der Waals surface area contributed by atoms with Crippen LogP contribution in [0.3, 0.4) is 0 Å². The quantitative estimate of drug-likeness (QED) is 0.708. The van der Waals surface area contributed by atoms with Crippen molar-refractivity contribution >= 4 is 21.2 Å². The van der Waals surface area contributed by atoms with Gasteiger partial charge in [-0.2, -0.15) is 0 Å². The highest BCUT2D eigenvalue weighted by Crippen LogP contribution is 2.26. The monoisotopic (exact) mass is 348 g/mol. The maximum atomic E-state index is 12.6. The zero-order valence-electron chi connectivity index (χ0n) is 12.7. The molecule has 0 aliphatic rings. The topological polar surface area (TPSA) is 77.7 Å². The van der Waals surface area contributed by atoms with Gasteiger partial charge in [-0.3, -0.25) is 0 Å². The number of hydrogen-bond donors (Lipinski definition) is 0. The summed E-state index contributed by atoms with van der Waals surface area (Å²) in [6.07, 6.45) is 3.28. The molecule has 0 amide bonds. The predicted molar refractivity (Wildman–Crippen MR) is 89.2 cm³/mol. The molecule has 23 heavy (non-hydrogen) atoms. The lowest BCUT2D eigenvalue weighted by Gasteiger charge is -2.08. The molecule has 3 rings (SSSR count). The Morgan fingerprint density at radius 1 is 1.26 bits per heavy atom. The predicted octanol–water partition coefficient (Wildman–Crippen LogP) is 2.71. The van der Waals surface area contributed by atoms with E-state index in [1.165, 1.54) is 11.3 Å². The van der Waals surface area contributed by atoms with Crippen LogP contribution in [0.1, 0.15) is 27.8 Å². The second-order valence-corrected chi connectivity index (χ2v) is 8.86. The Labute approximate surface area is 138 Å². The minimum atomic E-state index is -3.37. The number of aromatic nitrogens is 4. The molecule has 1 atom stereocenters. The highest BCUT2D eigenvalue weighted by atomic mass is 32.2. The number of sulfone groups is 1. The smallest absolute Gasteiger partial charge is 0.163 e. The third-order valence-corrected chi connectivity index (χ3v) is 6.63. The van der Waals surface area contributed by atoms with Crippen molar-refractivity contribution in [1.29, 1.82) is 0 Å². The average Bonchev–Trinajstić information content (AvgIpc) is 3.16. The molecule has 3 aromatic rings. The van der Waals surface area contributed by atoms with Gasteiger partial charge < -0.3 is 0 Å². The van der Waals surface area contributed by atoms with E-state index in [4.69, 9.17) is 0 Å². The Morgan fingerprint density at radius 3 is 2.65 bits per heavy atom. The summed E-state index contributed by atoms with van der Waals surface area (Å²) in [5.74, 6) is -0.0299. The SMILES string of the molecule is Cc1ncc(CS(=O)(=O)[C@@H](C)c2cn(-c3ccccc3)nn2)s1. The fourth-order valence-electron chi connectivity index (χ4n) is 2.15. The van der Waals surface area contributed by atoms with Gasteiger partial charge in [-0.05, 0) is 26.0 Å². The van der Waals surface area contributed by atoms with E-state index in [2.05, 4.69) is 15.3 Å². The van der Waals surface area contributed by atoms with E-state index in [0.29, 0.717) is 5.69 Å². The third-order valence-electron chi connectivity index (χ3n) is 3.50. The maximum absolute atomic E-state index is 12.6. The minimum Gasteiger partial charge on any atom is -0.250 e. The molecule has 8 heteroatoms. The molecule has 0 fully saturated rings. The van der Waals surface area contributed by atoms with Gasteiger partial charge in [0.1, 0.15) is 10.9 Å². The van der Waals surface area contributed by atoms with Gasteiger partial charge in [0.05, 0.1) is 22.6 Å². The van der Waals surface area contributed by atoms with Crippen molar-refractivity contribution in [2.45, 2.75) is 24.9 Å². The number of hydrogen-bond acceptors (Lipinski definition) is 6. The largest absolute Gasteiger partial charge is 0.250 e. The van der Waals surface area contributed by atoms with Crippen molar-refractivity contribution in [2.24, 2.45) is 0 Å². The zero-order valence-corrected chi connectivity index (χ0v) is 14.4. The van der Waals surface area contributed by atoms with Gasteiger partial charge in [0.25, 0.3) is 0 Å². The highest BCUT2D eigenvalue weighted by Gasteiger charge is 2.26. The van der Waals surface area contributed by atoms with E-state index in [9.17, 15) is 8.42 Å². The number of nitrogens with zero attached hydrogens (tertiary/aromatic N) is 4. The third kappa shape index (κ3) is 3.48. The Balaban J connectivity index is 1.82. The van der Waals surface area contributed by atoms with Crippen LogP contribution in [0.25, 0.3) is 5.69 Å². The van der Waals surface area contributed by atoms with Gasteiger partial charge in [-0.1, -0.05) is 23.4 Å². The molecule has 0 aliphatic heterocycles. The Hall–Kier alpha value is -2.06. The van der Waals surface area contributed by atoms with Gasteiger partial charge >= 0.3 is 0 Å². The van der Waals surface area contributed by atoms with E-state index in [1.807, 2.05) is 37.3 Å². The van der Waals surface area contributed by atoms with E-state index in [-0.39, 0.29) is 5.75 Å². The molecule has 2 aromatic heterocycles. The van der Waals surface area contributed by atoms with Crippen molar-refractivity contribution in [3.05, 3.63) is 58.3 Å².